The molecule has 136 valence electrons. The Hall–Kier alpha value is -3.41. The topological polar surface area (TPSA) is 70.0 Å². The van der Waals surface area contributed by atoms with Crippen LogP contribution in [0.15, 0.2) is 57.9 Å². The molecule has 6 heteroatoms. The van der Waals surface area contributed by atoms with Crippen molar-refractivity contribution in [2.24, 2.45) is 7.05 Å². The molecule has 4 rings (SSSR count). The number of aromatic nitrogens is 3. The summed E-state index contributed by atoms with van der Waals surface area (Å²) in [5.74, 6) is 0.404. The number of carbonyl (C=O) groups excluding carboxylic acids is 1. The quantitative estimate of drug-likeness (QED) is 0.522. The van der Waals surface area contributed by atoms with Crippen molar-refractivity contribution in [3.63, 3.8) is 0 Å². The third-order valence-corrected chi connectivity index (χ3v) is 4.86. The van der Waals surface area contributed by atoms with Gasteiger partial charge in [-0.3, -0.25) is 9.59 Å². The maximum atomic E-state index is 13.1. The molecule has 0 aliphatic heterocycles. The summed E-state index contributed by atoms with van der Waals surface area (Å²) in [5, 5.41) is 5.18. The minimum Gasteiger partial charge on any atom is -0.463 e. The minimum atomic E-state index is -0.326. The standard InChI is InChI=1S/C21H19N3O3/c1-13-6-7-15-17(11-13)23(3)14(2)21(15)18(25)12-24-20(26)9-8-16(22-24)19-5-4-10-27-19/h4-11H,12H2,1-3H3. The number of nitrogens with zero attached hydrogens (tertiary/aromatic N) is 3. The molecule has 0 amide bonds. The summed E-state index contributed by atoms with van der Waals surface area (Å²) >= 11 is 0. The molecule has 6 nitrogen and oxygen atoms in total. The fourth-order valence-electron chi connectivity index (χ4n) is 3.36. The van der Waals surface area contributed by atoms with Crippen molar-refractivity contribution in [1.29, 1.82) is 0 Å². The molecule has 4 aromatic rings. The molecule has 0 radical (unpaired) electrons. The van der Waals surface area contributed by atoms with E-state index >= 15 is 0 Å². The zero-order valence-corrected chi connectivity index (χ0v) is 15.4. The third kappa shape index (κ3) is 2.89. The van der Waals surface area contributed by atoms with Gasteiger partial charge in [0.15, 0.2) is 11.5 Å². The van der Waals surface area contributed by atoms with Crippen LogP contribution in [-0.4, -0.2) is 20.1 Å². The van der Waals surface area contributed by atoms with Gasteiger partial charge in [-0.15, -0.1) is 0 Å². The van der Waals surface area contributed by atoms with Crippen LogP contribution in [0.2, 0.25) is 0 Å². The first-order valence-electron chi connectivity index (χ1n) is 8.66. The summed E-state index contributed by atoms with van der Waals surface area (Å²) in [6, 6.07) is 12.5. The number of hydrogen-bond donors (Lipinski definition) is 0. The Morgan fingerprint density at radius 3 is 2.70 bits per heavy atom. The predicted molar refractivity (Wildman–Crippen MR) is 103 cm³/mol. The van der Waals surface area contributed by atoms with Gasteiger partial charge in [-0.05, 0) is 43.7 Å². The monoisotopic (exact) mass is 361 g/mol. The Kier molecular flexibility index (Phi) is 4.03. The number of Topliss-reactive ketones (excluding diaryl/α,β-unsaturated/α-hetero) is 1. The number of fused-ring (bicyclic) bond motifs is 1. The van der Waals surface area contributed by atoms with Crippen LogP contribution in [0.4, 0.5) is 0 Å². The number of carbonyl (C=O) groups is 1. The predicted octanol–water partition coefficient (Wildman–Crippen LogP) is 3.49. The van der Waals surface area contributed by atoms with Gasteiger partial charge in [0.2, 0.25) is 0 Å². The van der Waals surface area contributed by atoms with Crippen molar-refractivity contribution in [2.45, 2.75) is 20.4 Å². The Bertz CT molecular complexity index is 1210. The molecule has 0 N–H and O–H groups in total. The summed E-state index contributed by atoms with van der Waals surface area (Å²) in [4.78, 5) is 25.3. The van der Waals surface area contributed by atoms with E-state index in [2.05, 4.69) is 11.2 Å². The highest BCUT2D eigenvalue weighted by molar-refractivity contribution is 6.09. The average Bonchev–Trinajstić information content (AvgIpc) is 3.26. The molecule has 27 heavy (non-hydrogen) atoms. The van der Waals surface area contributed by atoms with Crippen molar-refractivity contribution in [2.75, 3.05) is 0 Å². The van der Waals surface area contributed by atoms with Crippen molar-refractivity contribution in [3.8, 4) is 11.5 Å². The van der Waals surface area contributed by atoms with Crippen molar-refractivity contribution < 1.29 is 9.21 Å². The highest BCUT2D eigenvalue weighted by Gasteiger charge is 2.20. The van der Waals surface area contributed by atoms with E-state index in [-0.39, 0.29) is 17.9 Å². The Morgan fingerprint density at radius 1 is 1.15 bits per heavy atom. The maximum absolute atomic E-state index is 13.1. The van der Waals surface area contributed by atoms with E-state index in [1.165, 1.54) is 10.7 Å². The molecule has 0 aliphatic rings. The van der Waals surface area contributed by atoms with Crippen LogP contribution in [0.3, 0.4) is 0 Å². The van der Waals surface area contributed by atoms with E-state index < -0.39 is 0 Å². The zero-order chi connectivity index (χ0) is 19.1. The van der Waals surface area contributed by atoms with Crippen molar-refractivity contribution in [1.82, 2.24) is 14.3 Å². The van der Waals surface area contributed by atoms with Crippen LogP contribution in [0, 0.1) is 13.8 Å². The second kappa shape index (κ2) is 6.39. The molecular weight excluding hydrogens is 342 g/mol. The van der Waals surface area contributed by atoms with Gasteiger partial charge in [-0.1, -0.05) is 12.1 Å². The van der Waals surface area contributed by atoms with E-state index in [9.17, 15) is 9.59 Å². The molecule has 0 spiro atoms. The highest BCUT2D eigenvalue weighted by atomic mass is 16.3. The lowest BCUT2D eigenvalue weighted by molar-refractivity contribution is 0.0966. The van der Waals surface area contributed by atoms with Crippen LogP contribution in [-0.2, 0) is 13.6 Å². The molecule has 0 fully saturated rings. The first kappa shape index (κ1) is 17.0. The average molecular weight is 361 g/mol. The number of furan rings is 1. The highest BCUT2D eigenvalue weighted by Crippen LogP contribution is 2.26. The summed E-state index contributed by atoms with van der Waals surface area (Å²) < 4.78 is 8.52. The lowest BCUT2D eigenvalue weighted by Crippen LogP contribution is -2.26. The van der Waals surface area contributed by atoms with E-state index in [1.807, 2.05) is 37.6 Å². The van der Waals surface area contributed by atoms with Crippen molar-refractivity contribution in [3.05, 3.63) is 75.9 Å². The fourth-order valence-corrected chi connectivity index (χ4v) is 3.36. The molecule has 0 atom stereocenters. The van der Waals surface area contributed by atoms with Crippen molar-refractivity contribution >= 4 is 16.7 Å². The summed E-state index contributed by atoms with van der Waals surface area (Å²) in [5.41, 5.74) is 3.82. The van der Waals surface area contributed by atoms with Gasteiger partial charge in [0.05, 0.1) is 6.26 Å². The number of benzene rings is 1. The lowest BCUT2D eigenvalue weighted by atomic mass is 10.1. The summed E-state index contributed by atoms with van der Waals surface area (Å²) in [6.07, 6.45) is 1.54. The van der Waals surface area contributed by atoms with E-state index in [0.717, 1.165) is 22.2 Å². The Morgan fingerprint density at radius 2 is 1.96 bits per heavy atom. The van der Waals surface area contributed by atoms with Crippen LogP contribution in [0.5, 0.6) is 0 Å². The third-order valence-electron chi connectivity index (χ3n) is 4.86. The molecule has 0 unspecified atom stereocenters. The Labute approximate surface area is 155 Å². The van der Waals surface area contributed by atoms with Crippen LogP contribution in [0.25, 0.3) is 22.4 Å². The number of hydrogen-bond acceptors (Lipinski definition) is 4. The molecule has 0 bridgehead atoms. The van der Waals surface area contributed by atoms with Gasteiger partial charge in [-0.25, -0.2) is 4.68 Å². The summed E-state index contributed by atoms with van der Waals surface area (Å²) in [6.45, 7) is 3.81. The molecule has 3 aromatic heterocycles. The van der Waals surface area contributed by atoms with Crippen LogP contribution in [0.1, 0.15) is 21.6 Å². The largest absolute Gasteiger partial charge is 0.463 e. The van der Waals surface area contributed by atoms with Gasteiger partial charge in [0.1, 0.15) is 12.2 Å². The number of aryl methyl sites for hydroxylation is 2. The first-order chi connectivity index (χ1) is 13.0. The lowest BCUT2D eigenvalue weighted by Gasteiger charge is -2.06. The van der Waals surface area contributed by atoms with Gasteiger partial charge in [0, 0.05) is 35.3 Å². The van der Waals surface area contributed by atoms with E-state index in [0.29, 0.717) is 17.0 Å². The molecule has 0 aliphatic carbocycles. The molecule has 3 heterocycles. The van der Waals surface area contributed by atoms with Gasteiger partial charge in [-0.2, -0.15) is 5.10 Å². The summed E-state index contributed by atoms with van der Waals surface area (Å²) in [7, 11) is 1.94. The maximum Gasteiger partial charge on any atom is 0.267 e. The molecular formula is C21H19N3O3. The second-order valence-corrected chi connectivity index (χ2v) is 6.65. The fraction of sp³-hybridized carbons (Fsp3) is 0.190. The van der Waals surface area contributed by atoms with E-state index in [1.54, 1.807) is 24.5 Å². The van der Waals surface area contributed by atoms with Crippen LogP contribution >= 0.6 is 0 Å². The van der Waals surface area contributed by atoms with Crippen LogP contribution < -0.4 is 5.56 Å². The number of ketones is 1. The second-order valence-electron chi connectivity index (χ2n) is 6.65. The normalized spacial score (nSPS) is 11.2. The molecule has 1 aromatic carbocycles. The van der Waals surface area contributed by atoms with Gasteiger partial charge < -0.3 is 8.98 Å². The SMILES string of the molecule is Cc1ccc2c(C(=O)Cn3nc(-c4ccco4)ccc3=O)c(C)n(C)c2c1. The van der Waals surface area contributed by atoms with Gasteiger partial charge in [0.25, 0.3) is 5.56 Å². The zero-order valence-electron chi connectivity index (χ0n) is 15.4. The van der Waals surface area contributed by atoms with E-state index in [4.69, 9.17) is 4.42 Å². The first-order valence-corrected chi connectivity index (χ1v) is 8.66. The minimum absolute atomic E-state index is 0.124. The molecule has 0 saturated heterocycles. The number of rotatable bonds is 4. The molecule has 0 saturated carbocycles. The smallest absolute Gasteiger partial charge is 0.267 e. The Balaban J connectivity index is 1.76. The van der Waals surface area contributed by atoms with Gasteiger partial charge >= 0.3 is 0 Å².